The molecule has 3 N–H and O–H groups in total. The van der Waals surface area contributed by atoms with E-state index in [0.717, 1.165) is 19.3 Å². The molecule has 0 aliphatic heterocycles. The molecule has 0 aromatic heterocycles. The molecule has 0 heterocycles. The normalized spacial score (nSPS) is 24.5. The summed E-state index contributed by atoms with van der Waals surface area (Å²) >= 11 is 1.56. The average molecular weight is 338 g/mol. The molecule has 124 valence electrons. The molecule has 1 aliphatic rings. The molecule has 0 spiro atoms. The Morgan fingerprint density at radius 2 is 2.05 bits per heavy atom. The smallest absolute Gasteiger partial charge is 0.238 e. The summed E-state index contributed by atoms with van der Waals surface area (Å²) < 4.78 is 25.8. The van der Waals surface area contributed by atoms with Gasteiger partial charge < -0.3 is 10.4 Å². The van der Waals surface area contributed by atoms with Gasteiger partial charge in [-0.05, 0) is 38.2 Å². The quantitative estimate of drug-likeness (QED) is 0.598. The van der Waals surface area contributed by atoms with Crippen molar-refractivity contribution >= 4 is 27.7 Å². The molecule has 0 bridgehead atoms. The van der Waals surface area contributed by atoms with Crippen molar-refractivity contribution in [2.45, 2.75) is 57.2 Å². The van der Waals surface area contributed by atoms with E-state index in [-0.39, 0.29) is 17.7 Å². The summed E-state index contributed by atoms with van der Waals surface area (Å²) in [6.45, 7) is 1.54. The van der Waals surface area contributed by atoms with Crippen molar-refractivity contribution < 1.29 is 18.3 Å². The van der Waals surface area contributed by atoms with E-state index in [1.807, 2.05) is 6.26 Å². The largest absolute Gasteiger partial charge is 0.391 e. The van der Waals surface area contributed by atoms with Crippen LogP contribution in [0.4, 0.5) is 0 Å². The van der Waals surface area contributed by atoms with Crippen LogP contribution in [0.2, 0.25) is 0 Å². The Bertz CT molecular complexity index is 428. The number of thioether (sulfide) groups is 1. The SMILES string of the molecule is CCS(=O)(=O)NC(CCSC)C(=O)NC1CCCCC1O. The second-order valence-corrected chi connectivity index (χ2v) is 8.35. The lowest BCUT2D eigenvalue weighted by atomic mass is 9.92. The van der Waals surface area contributed by atoms with Crippen molar-refractivity contribution in [2.24, 2.45) is 0 Å². The first-order valence-electron chi connectivity index (χ1n) is 7.37. The fourth-order valence-electron chi connectivity index (χ4n) is 2.34. The van der Waals surface area contributed by atoms with Crippen molar-refractivity contribution in [2.75, 3.05) is 17.8 Å². The number of sulfonamides is 1. The van der Waals surface area contributed by atoms with E-state index in [9.17, 15) is 18.3 Å². The Balaban J connectivity index is 2.65. The Morgan fingerprint density at radius 3 is 2.62 bits per heavy atom. The minimum absolute atomic E-state index is 0.0535. The number of nitrogens with one attached hydrogen (secondary N) is 2. The Kier molecular flexibility index (Phi) is 8.00. The predicted molar refractivity (Wildman–Crippen MR) is 85.8 cm³/mol. The highest BCUT2D eigenvalue weighted by Gasteiger charge is 2.29. The standard InChI is InChI=1S/C13H26N2O4S2/c1-3-21(18,19)15-11(8-9-20-2)13(17)14-10-6-4-5-7-12(10)16/h10-12,15-16H,3-9H2,1-2H3,(H,14,17). The molecule has 0 radical (unpaired) electrons. The van der Waals surface area contributed by atoms with Crippen molar-refractivity contribution in [3.8, 4) is 0 Å². The second-order valence-electron chi connectivity index (χ2n) is 5.32. The third kappa shape index (κ3) is 6.54. The van der Waals surface area contributed by atoms with Gasteiger partial charge in [0.2, 0.25) is 15.9 Å². The average Bonchev–Trinajstić information content (AvgIpc) is 2.45. The molecular formula is C13H26N2O4S2. The Labute approximate surface area is 131 Å². The molecule has 1 fully saturated rings. The van der Waals surface area contributed by atoms with Gasteiger partial charge >= 0.3 is 0 Å². The zero-order chi connectivity index (χ0) is 15.9. The number of aliphatic hydroxyl groups excluding tert-OH is 1. The zero-order valence-corrected chi connectivity index (χ0v) is 14.3. The van der Waals surface area contributed by atoms with E-state index in [0.29, 0.717) is 18.6 Å². The fraction of sp³-hybridized carbons (Fsp3) is 0.923. The maximum atomic E-state index is 12.3. The Hall–Kier alpha value is -0.310. The van der Waals surface area contributed by atoms with Gasteiger partial charge in [0.15, 0.2) is 0 Å². The summed E-state index contributed by atoms with van der Waals surface area (Å²) in [6.07, 6.45) is 5.17. The second kappa shape index (κ2) is 8.97. The molecule has 1 rings (SSSR count). The van der Waals surface area contributed by atoms with Crippen LogP contribution >= 0.6 is 11.8 Å². The summed E-state index contributed by atoms with van der Waals surface area (Å²) in [5.41, 5.74) is 0. The predicted octanol–water partition coefficient (Wildman–Crippen LogP) is 0.467. The number of carbonyl (C=O) groups is 1. The van der Waals surface area contributed by atoms with Crippen LogP contribution in [0.5, 0.6) is 0 Å². The van der Waals surface area contributed by atoms with Crippen LogP contribution in [0, 0.1) is 0 Å². The van der Waals surface area contributed by atoms with Gasteiger partial charge in [-0.25, -0.2) is 13.1 Å². The molecule has 1 saturated carbocycles. The maximum absolute atomic E-state index is 12.3. The van der Waals surface area contributed by atoms with E-state index >= 15 is 0 Å². The third-order valence-corrected chi connectivity index (χ3v) is 5.73. The van der Waals surface area contributed by atoms with E-state index < -0.39 is 22.2 Å². The lowest BCUT2D eigenvalue weighted by Gasteiger charge is -2.30. The molecule has 0 aromatic carbocycles. The lowest BCUT2D eigenvalue weighted by molar-refractivity contribution is -0.124. The molecule has 8 heteroatoms. The fourth-order valence-corrected chi connectivity index (χ4v) is 3.64. The lowest BCUT2D eigenvalue weighted by Crippen LogP contribution is -2.53. The van der Waals surface area contributed by atoms with Crippen LogP contribution in [0.1, 0.15) is 39.0 Å². The van der Waals surface area contributed by atoms with Gasteiger partial charge in [0.1, 0.15) is 6.04 Å². The molecule has 0 aromatic rings. The Morgan fingerprint density at radius 1 is 1.38 bits per heavy atom. The van der Waals surface area contributed by atoms with Gasteiger partial charge in [0, 0.05) is 0 Å². The minimum atomic E-state index is -3.43. The number of hydrogen-bond acceptors (Lipinski definition) is 5. The highest BCUT2D eigenvalue weighted by atomic mass is 32.2. The van der Waals surface area contributed by atoms with Gasteiger partial charge in [-0.15, -0.1) is 0 Å². The van der Waals surface area contributed by atoms with Crippen molar-refractivity contribution in [1.82, 2.24) is 10.0 Å². The molecule has 0 saturated heterocycles. The number of carbonyl (C=O) groups excluding carboxylic acids is 1. The molecule has 1 aliphatic carbocycles. The number of aliphatic hydroxyl groups is 1. The monoisotopic (exact) mass is 338 g/mol. The molecular weight excluding hydrogens is 312 g/mol. The van der Waals surface area contributed by atoms with Crippen LogP contribution in [0.3, 0.4) is 0 Å². The minimum Gasteiger partial charge on any atom is -0.391 e. The van der Waals surface area contributed by atoms with Gasteiger partial charge in [-0.1, -0.05) is 12.8 Å². The highest BCUT2D eigenvalue weighted by Crippen LogP contribution is 2.18. The summed E-state index contributed by atoms with van der Waals surface area (Å²) in [4.78, 5) is 12.3. The van der Waals surface area contributed by atoms with Crippen molar-refractivity contribution in [3.63, 3.8) is 0 Å². The summed E-state index contributed by atoms with van der Waals surface area (Å²) in [5.74, 6) is 0.298. The number of amides is 1. The van der Waals surface area contributed by atoms with Gasteiger partial charge in [-0.3, -0.25) is 4.79 Å². The van der Waals surface area contributed by atoms with Crippen LogP contribution in [-0.2, 0) is 14.8 Å². The first-order valence-corrected chi connectivity index (χ1v) is 10.4. The van der Waals surface area contributed by atoms with Gasteiger partial charge in [0.05, 0.1) is 17.9 Å². The molecule has 3 unspecified atom stereocenters. The summed E-state index contributed by atoms with van der Waals surface area (Å²) in [5, 5.41) is 12.7. The highest BCUT2D eigenvalue weighted by molar-refractivity contribution is 7.98. The van der Waals surface area contributed by atoms with Crippen molar-refractivity contribution in [1.29, 1.82) is 0 Å². The molecule has 3 atom stereocenters. The van der Waals surface area contributed by atoms with E-state index in [2.05, 4.69) is 10.0 Å². The first kappa shape index (κ1) is 18.7. The van der Waals surface area contributed by atoms with Gasteiger partial charge in [0.25, 0.3) is 0 Å². The van der Waals surface area contributed by atoms with Crippen LogP contribution < -0.4 is 10.0 Å². The maximum Gasteiger partial charge on any atom is 0.238 e. The van der Waals surface area contributed by atoms with Gasteiger partial charge in [-0.2, -0.15) is 11.8 Å². The van der Waals surface area contributed by atoms with Crippen LogP contribution in [0.25, 0.3) is 0 Å². The van der Waals surface area contributed by atoms with E-state index in [1.54, 1.807) is 11.8 Å². The summed E-state index contributed by atoms with van der Waals surface area (Å²) in [6, 6.07) is -1.04. The molecule has 21 heavy (non-hydrogen) atoms. The number of rotatable bonds is 8. The van der Waals surface area contributed by atoms with E-state index in [1.165, 1.54) is 6.92 Å². The third-order valence-electron chi connectivity index (χ3n) is 3.69. The molecule has 6 nitrogen and oxygen atoms in total. The summed E-state index contributed by atoms with van der Waals surface area (Å²) in [7, 11) is -3.43. The zero-order valence-electron chi connectivity index (χ0n) is 12.7. The first-order chi connectivity index (χ1) is 9.89. The topological polar surface area (TPSA) is 95.5 Å². The number of hydrogen-bond donors (Lipinski definition) is 3. The molecule has 1 amide bonds. The van der Waals surface area contributed by atoms with Crippen molar-refractivity contribution in [3.05, 3.63) is 0 Å². The van der Waals surface area contributed by atoms with E-state index in [4.69, 9.17) is 0 Å². The van der Waals surface area contributed by atoms with Crippen LogP contribution in [-0.4, -0.2) is 55.4 Å². The van der Waals surface area contributed by atoms with Crippen LogP contribution in [0.15, 0.2) is 0 Å².